The first kappa shape index (κ1) is 13.1. The summed E-state index contributed by atoms with van der Waals surface area (Å²) in [5, 5.41) is 13.7. The highest BCUT2D eigenvalue weighted by Crippen LogP contribution is 2.25. The second-order valence-electron chi connectivity index (χ2n) is 4.80. The van der Waals surface area contributed by atoms with Gasteiger partial charge in [0.2, 0.25) is 0 Å². The topological polar surface area (TPSA) is 62.2 Å². The maximum Gasteiger partial charge on any atom is 0.259 e. The number of hydrogen-bond acceptors (Lipinski definition) is 3. The highest BCUT2D eigenvalue weighted by Gasteiger charge is 2.13. The largest absolute Gasteiger partial charge is 0.507 e. The van der Waals surface area contributed by atoms with Gasteiger partial charge in [0.25, 0.3) is 5.91 Å². The van der Waals surface area contributed by atoms with Crippen molar-refractivity contribution >= 4 is 22.5 Å². The molecule has 2 aromatic carbocycles. The molecule has 0 aliphatic carbocycles. The molecule has 0 bridgehead atoms. The van der Waals surface area contributed by atoms with Crippen molar-refractivity contribution in [2.45, 2.75) is 6.92 Å². The number of phenols is 1. The van der Waals surface area contributed by atoms with Crippen molar-refractivity contribution in [3.63, 3.8) is 0 Å². The van der Waals surface area contributed by atoms with Gasteiger partial charge >= 0.3 is 0 Å². The lowest BCUT2D eigenvalue weighted by molar-refractivity contribution is 0.102. The minimum absolute atomic E-state index is 0.00774. The van der Waals surface area contributed by atoms with Gasteiger partial charge in [0, 0.05) is 11.6 Å². The average Bonchev–Trinajstić information content (AvgIpc) is 2.50. The van der Waals surface area contributed by atoms with Crippen LogP contribution in [-0.4, -0.2) is 16.0 Å². The van der Waals surface area contributed by atoms with Crippen LogP contribution in [0.15, 0.2) is 54.7 Å². The Balaban J connectivity index is 1.99. The Morgan fingerprint density at radius 1 is 1.10 bits per heavy atom. The summed E-state index contributed by atoms with van der Waals surface area (Å²) in [5.41, 5.74) is 2.41. The molecule has 4 heteroatoms. The van der Waals surface area contributed by atoms with Crippen LogP contribution >= 0.6 is 0 Å². The standard InChI is InChI=1S/C17H14N2O2/c1-11-5-2-6-13(16(11)20)17(21)19-15-9-3-8-14-12(15)7-4-10-18-14/h2-10,20H,1H3,(H,19,21). The van der Waals surface area contributed by atoms with E-state index in [-0.39, 0.29) is 17.2 Å². The van der Waals surface area contributed by atoms with Crippen molar-refractivity contribution in [2.75, 3.05) is 5.32 Å². The maximum atomic E-state index is 12.3. The van der Waals surface area contributed by atoms with Gasteiger partial charge in [0.1, 0.15) is 5.75 Å². The van der Waals surface area contributed by atoms with Gasteiger partial charge in [0.05, 0.1) is 16.8 Å². The molecule has 1 heterocycles. The molecule has 0 spiro atoms. The highest BCUT2D eigenvalue weighted by molar-refractivity contribution is 6.10. The fourth-order valence-corrected chi connectivity index (χ4v) is 2.24. The van der Waals surface area contributed by atoms with E-state index in [0.717, 1.165) is 10.9 Å². The fraction of sp³-hybridized carbons (Fsp3) is 0.0588. The van der Waals surface area contributed by atoms with E-state index in [1.54, 1.807) is 31.3 Å². The zero-order valence-electron chi connectivity index (χ0n) is 11.5. The van der Waals surface area contributed by atoms with Gasteiger partial charge in [-0.2, -0.15) is 0 Å². The highest BCUT2D eigenvalue weighted by atomic mass is 16.3. The number of fused-ring (bicyclic) bond motifs is 1. The zero-order chi connectivity index (χ0) is 14.8. The summed E-state index contributed by atoms with van der Waals surface area (Å²) in [7, 11) is 0. The Morgan fingerprint density at radius 2 is 1.90 bits per heavy atom. The second kappa shape index (κ2) is 5.25. The third-order valence-corrected chi connectivity index (χ3v) is 3.38. The number of rotatable bonds is 2. The Morgan fingerprint density at radius 3 is 2.76 bits per heavy atom. The van der Waals surface area contributed by atoms with Crippen LogP contribution in [0, 0.1) is 6.92 Å². The lowest BCUT2D eigenvalue weighted by Crippen LogP contribution is -2.12. The third kappa shape index (κ3) is 2.43. The summed E-state index contributed by atoms with van der Waals surface area (Å²) in [6.45, 7) is 1.76. The summed E-state index contributed by atoms with van der Waals surface area (Å²) in [6, 6.07) is 14.4. The van der Waals surface area contributed by atoms with E-state index in [9.17, 15) is 9.90 Å². The van der Waals surface area contributed by atoms with Crippen molar-refractivity contribution in [1.29, 1.82) is 0 Å². The van der Waals surface area contributed by atoms with Crippen LogP contribution in [0.25, 0.3) is 10.9 Å². The molecule has 21 heavy (non-hydrogen) atoms. The molecule has 3 aromatic rings. The first-order chi connectivity index (χ1) is 10.2. The molecule has 0 radical (unpaired) electrons. The van der Waals surface area contributed by atoms with Gasteiger partial charge in [-0.25, -0.2) is 0 Å². The molecule has 1 amide bonds. The Bertz CT molecular complexity index is 823. The second-order valence-corrected chi connectivity index (χ2v) is 4.80. The predicted octanol–water partition coefficient (Wildman–Crippen LogP) is 3.50. The van der Waals surface area contributed by atoms with E-state index in [4.69, 9.17) is 0 Å². The maximum absolute atomic E-state index is 12.3. The first-order valence-corrected chi connectivity index (χ1v) is 6.60. The van der Waals surface area contributed by atoms with Crippen LogP contribution in [0.3, 0.4) is 0 Å². The van der Waals surface area contributed by atoms with Gasteiger partial charge < -0.3 is 10.4 Å². The number of aromatic nitrogens is 1. The lowest BCUT2D eigenvalue weighted by Gasteiger charge is -2.10. The number of benzene rings is 2. The van der Waals surface area contributed by atoms with Crippen LogP contribution in [0.2, 0.25) is 0 Å². The van der Waals surface area contributed by atoms with Crippen LogP contribution in [0.5, 0.6) is 5.75 Å². The minimum Gasteiger partial charge on any atom is -0.507 e. The number of nitrogens with one attached hydrogen (secondary N) is 1. The SMILES string of the molecule is Cc1cccc(C(=O)Nc2cccc3ncccc23)c1O. The van der Waals surface area contributed by atoms with E-state index >= 15 is 0 Å². The number of anilines is 1. The number of phenolic OH excluding ortho intramolecular Hbond substituents is 1. The number of aromatic hydroxyl groups is 1. The van der Waals surface area contributed by atoms with Gasteiger partial charge in [-0.15, -0.1) is 0 Å². The summed E-state index contributed by atoms with van der Waals surface area (Å²) < 4.78 is 0. The molecule has 2 N–H and O–H groups in total. The van der Waals surface area contributed by atoms with E-state index in [2.05, 4.69) is 10.3 Å². The summed E-state index contributed by atoms with van der Waals surface area (Å²) in [6.07, 6.45) is 1.71. The molecule has 3 rings (SSSR count). The molecule has 0 saturated heterocycles. The lowest BCUT2D eigenvalue weighted by atomic mass is 10.1. The predicted molar refractivity (Wildman–Crippen MR) is 82.5 cm³/mol. The molecule has 1 aromatic heterocycles. The van der Waals surface area contributed by atoms with Gasteiger partial charge in [-0.1, -0.05) is 18.2 Å². The summed E-state index contributed by atoms with van der Waals surface area (Å²) >= 11 is 0. The average molecular weight is 278 g/mol. The molecule has 0 fully saturated rings. The number of amides is 1. The number of nitrogens with zero attached hydrogens (tertiary/aromatic N) is 1. The van der Waals surface area contributed by atoms with Crippen molar-refractivity contribution in [2.24, 2.45) is 0 Å². The van der Waals surface area contributed by atoms with Crippen molar-refractivity contribution in [3.8, 4) is 5.75 Å². The monoisotopic (exact) mass is 278 g/mol. The van der Waals surface area contributed by atoms with Gasteiger partial charge in [-0.3, -0.25) is 9.78 Å². The fourth-order valence-electron chi connectivity index (χ4n) is 2.24. The molecular formula is C17H14N2O2. The van der Waals surface area contributed by atoms with Crippen molar-refractivity contribution in [1.82, 2.24) is 4.98 Å². The van der Waals surface area contributed by atoms with Crippen LogP contribution in [0.1, 0.15) is 15.9 Å². The molecule has 0 aliphatic heterocycles. The molecule has 0 atom stereocenters. The molecule has 4 nitrogen and oxygen atoms in total. The normalized spacial score (nSPS) is 10.5. The Labute approximate surface area is 122 Å². The smallest absolute Gasteiger partial charge is 0.259 e. The number of para-hydroxylation sites is 1. The first-order valence-electron chi connectivity index (χ1n) is 6.60. The molecule has 0 unspecified atom stereocenters. The quantitative estimate of drug-likeness (QED) is 0.754. The number of carbonyl (C=O) groups is 1. The molecular weight excluding hydrogens is 264 g/mol. The molecule has 0 saturated carbocycles. The van der Waals surface area contributed by atoms with E-state index in [1.165, 1.54) is 0 Å². The van der Waals surface area contributed by atoms with E-state index < -0.39 is 0 Å². The Kier molecular flexibility index (Phi) is 3.28. The van der Waals surface area contributed by atoms with E-state index in [0.29, 0.717) is 11.3 Å². The summed E-state index contributed by atoms with van der Waals surface area (Å²) in [5.74, 6) is -0.332. The third-order valence-electron chi connectivity index (χ3n) is 3.38. The number of carbonyl (C=O) groups excluding carboxylic acids is 1. The van der Waals surface area contributed by atoms with Crippen LogP contribution in [0.4, 0.5) is 5.69 Å². The van der Waals surface area contributed by atoms with Gasteiger partial charge in [-0.05, 0) is 42.8 Å². The minimum atomic E-state index is -0.340. The van der Waals surface area contributed by atoms with Crippen LogP contribution < -0.4 is 5.32 Å². The Hall–Kier alpha value is -2.88. The van der Waals surface area contributed by atoms with E-state index in [1.807, 2.05) is 30.3 Å². The number of aryl methyl sites for hydroxylation is 1. The van der Waals surface area contributed by atoms with Crippen molar-refractivity contribution in [3.05, 3.63) is 65.9 Å². The molecule has 104 valence electrons. The zero-order valence-corrected chi connectivity index (χ0v) is 11.5. The summed E-state index contributed by atoms with van der Waals surface area (Å²) in [4.78, 5) is 16.6. The van der Waals surface area contributed by atoms with Crippen molar-refractivity contribution < 1.29 is 9.90 Å². The van der Waals surface area contributed by atoms with Gasteiger partial charge in [0.15, 0.2) is 0 Å². The number of pyridine rings is 1. The number of hydrogen-bond donors (Lipinski definition) is 2. The van der Waals surface area contributed by atoms with Crippen LogP contribution in [-0.2, 0) is 0 Å². The molecule has 0 aliphatic rings.